The zero-order chi connectivity index (χ0) is 26.3. The van der Waals surface area contributed by atoms with Crippen LogP contribution >= 0.6 is 23.1 Å². The Balaban J connectivity index is 1.58. The first-order valence-corrected chi connectivity index (χ1v) is 13.2. The maximum absolute atomic E-state index is 13.7. The zero-order valence-electron chi connectivity index (χ0n) is 20.8. The minimum Gasteiger partial charge on any atom is -0.466 e. The lowest BCUT2D eigenvalue weighted by Crippen LogP contribution is -2.39. The number of hydrogen-bond acceptors (Lipinski definition) is 10. The van der Waals surface area contributed by atoms with E-state index in [2.05, 4.69) is 29.0 Å². The number of carbonyl (C=O) groups is 1. The summed E-state index contributed by atoms with van der Waals surface area (Å²) in [6.07, 6.45) is 1.67. The molecule has 11 heteroatoms. The van der Waals surface area contributed by atoms with Gasteiger partial charge >= 0.3 is 5.97 Å². The second-order valence-corrected chi connectivity index (χ2v) is 10.7. The van der Waals surface area contributed by atoms with Gasteiger partial charge in [0, 0.05) is 24.8 Å². The Hall–Kier alpha value is -3.70. The number of aryl methyl sites for hydroxylation is 1. The van der Waals surface area contributed by atoms with Gasteiger partial charge in [-0.1, -0.05) is 49.4 Å². The van der Waals surface area contributed by atoms with Gasteiger partial charge in [-0.05, 0) is 36.1 Å². The lowest BCUT2D eigenvalue weighted by molar-refractivity contribution is -0.136. The van der Waals surface area contributed by atoms with E-state index in [1.165, 1.54) is 35.8 Å². The highest BCUT2D eigenvalue weighted by molar-refractivity contribution is 7.99. The van der Waals surface area contributed by atoms with Crippen molar-refractivity contribution >= 4 is 35.1 Å². The van der Waals surface area contributed by atoms with Crippen molar-refractivity contribution in [3.63, 3.8) is 0 Å². The number of rotatable bonds is 6. The van der Waals surface area contributed by atoms with Crippen LogP contribution in [0, 0.1) is 6.92 Å². The van der Waals surface area contributed by atoms with Crippen molar-refractivity contribution in [1.29, 1.82) is 0 Å². The number of carbonyl (C=O) groups excluding carboxylic acids is 1. The fraction of sp³-hybridized carbons (Fsp3) is 0.269. The Kier molecular flexibility index (Phi) is 6.74. The van der Waals surface area contributed by atoms with E-state index in [1.807, 2.05) is 24.3 Å². The topological polar surface area (TPSA) is 113 Å². The number of hydrogen-bond donors (Lipinski definition) is 0. The molecule has 0 fully saturated rings. The van der Waals surface area contributed by atoms with Crippen LogP contribution in [-0.2, 0) is 9.53 Å². The van der Waals surface area contributed by atoms with Gasteiger partial charge in [0.05, 0.1) is 29.0 Å². The molecule has 190 valence electrons. The van der Waals surface area contributed by atoms with Gasteiger partial charge in [0.1, 0.15) is 5.76 Å². The SMILES string of the molecule is COC(=O)C1=C(C)N=c2s/c(=C/c3ccc(Sc4nnc(C)o4)o3)c(=O)n2[C@H]1c1ccc(C(C)C)cc1. The number of benzene rings is 1. The molecule has 5 rings (SSSR count). The molecule has 0 unspecified atom stereocenters. The third-order valence-electron chi connectivity index (χ3n) is 5.92. The first kappa shape index (κ1) is 25.0. The first-order valence-electron chi connectivity index (χ1n) is 11.5. The van der Waals surface area contributed by atoms with Crippen molar-refractivity contribution in [2.24, 2.45) is 4.99 Å². The molecule has 37 heavy (non-hydrogen) atoms. The van der Waals surface area contributed by atoms with Gasteiger partial charge in [0.25, 0.3) is 10.8 Å². The summed E-state index contributed by atoms with van der Waals surface area (Å²) in [5, 5.41) is 8.67. The molecule has 0 saturated heterocycles. The average molecular weight is 537 g/mol. The summed E-state index contributed by atoms with van der Waals surface area (Å²) in [5.41, 5.74) is 2.56. The van der Waals surface area contributed by atoms with Crippen LogP contribution in [0.25, 0.3) is 6.08 Å². The first-order chi connectivity index (χ1) is 17.7. The summed E-state index contributed by atoms with van der Waals surface area (Å²) in [6, 6.07) is 10.8. The molecule has 0 amide bonds. The number of fused-ring (bicyclic) bond motifs is 1. The number of methoxy groups -OCH3 is 1. The van der Waals surface area contributed by atoms with Gasteiger partial charge in [0.15, 0.2) is 9.89 Å². The van der Waals surface area contributed by atoms with Gasteiger partial charge < -0.3 is 13.6 Å². The Bertz CT molecular complexity index is 1690. The molecular formula is C26H24N4O5S2. The zero-order valence-corrected chi connectivity index (χ0v) is 22.5. The normalized spacial score (nSPS) is 15.7. The van der Waals surface area contributed by atoms with Crippen molar-refractivity contribution in [2.45, 2.75) is 50.0 Å². The minimum absolute atomic E-state index is 0.270. The van der Waals surface area contributed by atoms with Crippen LogP contribution in [0.15, 0.2) is 76.6 Å². The van der Waals surface area contributed by atoms with Gasteiger partial charge in [-0.3, -0.25) is 9.36 Å². The van der Waals surface area contributed by atoms with Crippen LogP contribution in [0.2, 0.25) is 0 Å². The number of esters is 1. The fourth-order valence-electron chi connectivity index (χ4n) is 4.07. The fourth-order valence-corrected chi connectivity index (χ4v) is 5.79. The van der Waals surface area contributed by atoms with E-state index in [4.69, 9.17) is 13.6 Å². The summed E-state index contributed by atoms with van der Waals surface area (Å²) in [4.78, 5) is 31.6. The molecule has 1 aromatic carbocycles. The smallest absolute Gasteiger partial charge is 0.338 e. The molecule has 0 saturated carbocycles. The van der Waals surface area contributed by atoms with Crippen molar-refractivity contribution in [1.82, 2.24) is 14.8 Å². The van der Waals surface area contributed by atoms with E-state index in [0.717, 1.165) is 5.56 Å². The van der Waals surface area contributed by atoms with Gasteiger partial charge in [-0.15, -0.1) is 10.2 Å². The summed E-state index contributed by atoms with van der Waals surface area (Å²) in [5.74, 6) is 0.794. The van der Waals surface area contributed by atoms with Crippen molar-refractivity contribution in [3.05, 3.63) is 90.1 Å². The van der Waals surface area contributed by atoms with Gasteiger partial charge in [-0.25, -0.2) is 9.79 Å². The monoisotopic (exact) mass is 536 g/mol. The molecule has 0 spiro atoms. The van der Waals surface area contributed by atoms with Crippen LogP contribution in [0.3, 0.4) is 0 Å². The highest BCUT2D eigenvalue weighted by atomic mass is 32.2. The average Bonchev–Trinajstić information content (AvgIpc) is 3.57. The quantitative estimate of drug-likeness (QED) is 0.340. The number of ether oxygens (including phenoxy) is 1. The van der Waals surface area contributed by atoms with E-state index in [1.54, 1.807) is 36.6 Å². The highest BCUT2D eigenvalue weighted by Crippen LogP contribution is 2.32. The number of nitrogens with zero attached hydrogens (tertiary/aromatic N) is 4. The van der Waals surface area contributed by atoms with Gasteiger partial charge in [-0.2, -0.15) is 0 Å². The standard InChI is InChI=1S/C26H24N4O5S2/c1-13(2)16-6-8-17(9-7-16)22-21(24(32)33-5)14(3)27-25-30(22)23(31)19(36-25)12-18-10-11-20(35-18)37-26-29-28-15(4)34-26/h6-13,22H,1-5H3/b19-12+/t22-/m0/s1. The molecule has 1 aliphatic rings. The Labute approximate surface area is 220 Å². The number of aromatic nitrogens is 3. The van der Waals surface area contributed by atoms with Crippen LogP contribution in [0.4, 0.5) is 0 Å². The molecule has 0 aliphatic carbocycles. The van der Waals surface area contributed by atoms with Crippen LogP contribution in [-0.4, -0.2) is 27.8 Å². The Morgan fingerprint density at radius 2 is 1.89 bits per heavy atom. The lowest BCUT2D eigenvalue weighted by Gasteiger charge is -2.24. The summed E-state index contributed by atoms with van der Waals surface area (Å²) in [6.45, 7) is 7.70. The largest absolute Gasteiger partial charge is 0.466 e. The lowest BCUT2D eigenvalue weighted by atomic mass is 9.93. The molecule has 1 aliphatic heterocycles. The minimum atomic E-state index is -0.657. The van der Waals surface area contributed by atoms with Crippen molar-refractivity contribution in [2.75, 3.05) is 7.11 Å². The second kappa shape index (κ2) is 9.98. The van der Waals surface area contributed by atoms with E-state index < -0.39 is 12.0 Å². The molecular weight excluding hydrogens is 512 g/mol. The van der Waals surface area contributed by atoms with Crippen molar-refractivity contribution in [3.8, 4) is 0 Å². The number of thiazole rings is 1. The highest BCUT2D eigenvalue weighted by Gasteiger charge is 2.33. The molecule has 1 atom stereocenters. The van der Waals surface area contributed by atoms with Crippen LogP contribution in [0.5, 0.6) is 0 Å². The summed E-state index contributed by atoms with van der Waals surface area (Å²) >= 11 is 2.43. The predicted molar refractivity (Wildman–Crippen MR) is 138 cm³/mol. The Morgan fingerprint density at radius 3 is 2.54 bits per heavy atom. The second-order valence-electron chi connectivity index (χ2n) is 8.74. The van der Waals surface area contributed by atoms with E-state index in [0.29, 0.717) is 48.5 Å². The third kappa shape index (κ3) is 4.84. The van der Waals surface area contributed by atoms with E-state index in [-0.39, 0.29) is 5.56 Å². The van der Waals surface area contributed by atoms with Crippen molar-refractivity contribution < 1.29 is 18.4 Å². The van der Waals surface area contributed by atoms with Crippen LogP contribution in [0.1, 0.15) is 55.5 Å². The molecule has 4 aromatic rings. The molecule has 0 bridgehead atoms. The maximum Gasteiger partial charge on any atom is 0.338 e. The number of furan rings is 1. The molecule has 4 heterocycles. The maximum atomic E-state index is 13.7. The van der Waals surface area contributed by atoms with E-state index in [9.17, 15) is 9.59 Å². The predicted octanol–water partition coefficient (Wildman–Crippen LogP) is 3.97. The Morgan fingerprint density at radius 1 is 1.14 bits per heavy atom. The van der Waals surface area contributed by atoms with Crippen LogP contribution < -0.4 is 14.9 Å². The third-order valence-corrected chi connectivity index (χ3v) is 7.66. The number of allylic oxidation sites excluding steroid dienone is 1. The summed E-state index contributed by atoms with van der Waals surface area (Å²) in [7, 11) is 1.33. The van der Waals surface area contributed by atoms with E-state index >= 15 is 0 Å². The molecule has 0 N–H and O–H groups in total. The molecule has 9 nitrogen and oxygen atoms in total. The van der Waals surface area contributed by atoms with Gasteiger partial charge in [0.2, 0.25) is 5.89 Å². The molecule has 3 aromatic heterocycles. The summed E-state index contributed by atoms with van der Waals surface area (Å²) < 4.78 is 18.3. The molecule has 0 radical (unpaired) electrons.